The highest BCUT2D eigenvalue weighted by Gasteiger charge is 2.43. The first kappa shape index (κ1) is 27.3. The fourth-order valence-electron chi connectivity index (χ4n) is 5.89. The molecule has 0 N–H and O–H groups in total. The summed E-state index contributed by atoms with van der Waals surface area (Å²) in [6, 6.07) is 18.9. The van der Waals surface area contributed by atoms with E-state index in [1.54, 1.807) is 12.1 Å². The molecule has 3 rings (SSSR count). The van der Waals surface area contributed by atoms with E-state index in [1.165, 1.54) is 5.56 Å². The summed E-state index contributed by atoms with van der Waals surface area (Å²) in [7, 11) is 0. The van der Waals surface area contributed by atoms with E-state index < -0.39 is 17.2 Å². The highest BCUT2D eigenvalue weighted by molar-refractivity contribution is 5.37. The highest BCUT2D eigenvalue weighted by atomic mass is 19.4. The topological polar surface area (TPSA) is 27.0 Å². The van der Waals surface area contributed by atoms with Gasteiger partial charge >= 0.3 is 6.18 Å². The summed E-state index contributed by atoms with van der Waals surface area (Å²) in [5.74, 6) is 0.200. The molecule has 1 fully saturated rings. The van der Waals surface area contributed by atoms with Crippen molar-refractivity contribution >= 4 is 0 Å². The Hall–Kier alpha value is -2.32. The predicted octanol–water partition coefficient (Wildman–Crippen LogP) is 8.17. The third kappa shape index (κ3) is 6.88. The van der Waals surface area contributed by atoms with Gasteiger partial charge in [0.25, 0.3) is 0 Å². The quantitative estimate of drug-likeness (QED) is 0.304. The number of nitrogens with zero attached hydrogens (tertiary/aromatic N) is 2. The van der Waals surface area contributed by atoms with Gasteiger partial charge in [0, 0.05) is 12.6 Å². The molecular weight excluding hydrogens is 445 g/mol. The van der Waals surface area contributed by atoms with Crippen LogP contribution in [0.5, 0.6) is 0 Å². The number of rotatable bonds is 12. The lowest BCUT2D eigenvalue weighted by Gasteiger charge is -2.37. The maximum atomic E-state index is 13.2. The lowest BCUT2D eigenvalue weighted by Crippen LogP contribution is -2.40. The highest BCUT2D eigenvalue weighted by Crippen LogP contribution is 2.46. The summed E-state index contributed by atoms with van der Waals surface area (Å²) >= 11 is 0. The van der Waals surface area contributed by atoms with Crippen LogP contribution < -0.4 is 0 Å². The standard InChI is InChI=1S/C30H39F3N2/c1-3-21-35(22-19-24-10-6-5-7-11-24)28(4-2)18-20-29(23-34,25-12-8-9-13-25)26-14-16-27(17-15-26)30(31,32)33/h5-7,10-11,14-17,25,28H,3-4,8-9,12-13,18-22H2,1-2H3. The summed E-state index contributed by atoms with van der Waals surface area (Å²) in [6.07, 6.45) is 4.35. The smallest absolute Gasteiger partial charge is 0.300 e. The van der Waals surface area contributed by atoms with E-state index in [1.807, 2.05) is 6.07 Å². The van der Waals surface area contributed by atoms with Crippen LogP contribution in [0.4, 0.5) is 13.2 Å². The number of nitriles is 1. The number of hydrogen-bond acceptors (Lipinski definition) is 2. The zero-order valence-corrected chi connectivity index (χ0v) is 21.2. The van der Waals surface area contributed by atoms with Gasteiger partial charge in [0.05, 0.1) is 17.0 Å². The van der Waals surface area contributed by atoms with E-state index in [0.717, 1.165) is 82.2 Å². The van der Waals surface area contributed by atoms with Crippen LogP contribution in [-0.2, 0) is 18.0 Å². The van der Waals surface area contributed by atoms with E-state index in [2.05, 4.69) is 49.1 Å². The molecule has 1 aliphatic carbocycles. The molecule has 190 valence electrons. The van der Waals surface area contributed by atoms with Crippen molar-refractivity contribution < 1.29 is 13.2 Å². The fourth-order valence-corrected chi connectivity index (χ4v) is 5.89. The zero-order valence-electron chi connectivity index (χ0n) is 21.2. The second-order valence-electron chi connectivity index (χ2n) is 10.0. The molecule has 2 unspecified atom stereocenters. The Morgan fingerprint density at radius 2 is 1.57 bits per heavy atom. The van der Waals surface area contributed by atoms with Gasteiger partial charge in [-0.05, 0) is 80.7 Å². The molecule has 0 spiro atoms. The lowest BCUT2D eigenvalue weighted by molar-refractivity contribution is -0.137. The predicted molar refractivity (Wildman–Crippen MR) is 136 cm³/mol. The average Bonchev–Trinajstić information content (AvgIpc) is 3.41. The summed E-state index contributed by atoms with van der Waals surface area (Å²) in [4.78, 5) is 2.55. The number of halogens is 3. The van der Waals surface area contributed by atoms with Gasteiger partial charge in [-0.25, -0.2) is 0 Å². The monoisotopic (exact) mass is 484 g/mol. The third-order valence-electron chi connectivity index (χ3n) is 7.88. The van der Waals surface area contributed by atoms with Gasteiger partial charge in [-0.3, -0.25) is 0 Å². The molecule has 0 aliphatic heterocycles. The first-order valence-electron chi connectivity index (χ1n) is 13.2. The number of alkyl halides is 3. The Kier molecular flexibility index (Phi) is 9.80. The molecule has 0 radical (unpaired) electrons. The second kappa shape index (κ2) is 12.6. The largest absolute Gasteiger partial charge is 0.416 e. The maximum Gasteiger partial charge on any atom is 0.416 e. The van der Waals surface area contributed by atoms with E-state index in [-0.39, 0.29) is 5.92 Å². The summed E-state index contributed by atoms with van der Waals surface area (Å²) in [5, 5.41) is 10.5. The van der Waals surface area contributed by atoms with E-state index in [0.29, 0.717) is 12.5 Å². The second-order valence-corrected chi connectivity index (χ2v) is 10.0. The van der Waals surface area contributed by atoms with Gasteiger partial charge < -0.3 is 4.90 Å². The molecule has 5 heteroatoms. The van der Waals surface area contributed by atoms with Gasteiger partial charge in [-0.15, -0.1) is 0 Å². The van der Waals surface area contributed by atoms with Crippen LogP contribution in [0, 0.1) is 17.2 Å². The summed E-state index contributed by atoms with van der Waals surface area (Å²) < 4.78 is 39.6. The van der Waals surface area contributed by atoms with Gasteiger partial charge in [0.2, 0.25) is 0 Å². The Labute approximate surface area is 209 Å². The van der Waals surface area contributed by atoms with Crippen LogP contribution >= 0.6 is 0 Å². The fraction of sp³-hybridized carbons (Fsp3) is 0.567. The minimum absolute atomic E-state index is 0.200. The molecule has 35 heavy (non-hydrogen) atoms. The van der Waals surface area contributed by atoms with Gasteiger partial charge in [-0.1, -0.05) is 69.2 Å². The first-order valence-corrected chi connectivity index (χ1v) is 13.2. The molecule has 1 saturated carbocycles. The van der Waals surface area contributed by atoms with Crippen molar-refractivity contribution in [2.24, 2.45) is 5.92 Å². The summed E-state index contributed by atoms with van der Waals surface area (Å²) in [5.41, 5.74) is 0.693. The molecule has 2 nitrogen and oxygen atoms in total. The molecule has 2 aromatic carbocycles. The van der Waals surface area contributed by atoms with Crippen LogP contribution in [0.3, 0.4) is 0 Å². The van der Waals surface area contributed by atoms with Crippen molar-refractivity contribution in [3.8, 4) is 6.07 Å². The third-order valence-corrected chi connectivity index (χ3v) is 7.88. The van der Waals surface area contributed by atoms with Crippen LogP contribution in [0.25, 0.3) is 0 Å². The van der Waals surface area contributed by atoms with Crippen molar-refractivity contribution in [2.75, 3.05) is 13.1 Å². The number of hydrogen-bond donors (Lipinski definition) is 0. The molecule has 2 atom stereocenters. The van der Waals surface area contributed by atoms with E-state index in [9.17, 15) is 18.4 Å². The van der Waals surface area contributed by atoms with Crippen LogP contribution in [0.1, 0.15) is 81.9 Å². The van der Waals surface area contributed by atoms with Gasteiger partial charge in [0.15, 0.2) is 0 Å². The molecule has 0 heterocycles. The van der Waals surface area contributed by atoms with Crippen molar-refractivity contribution in [3.05, 3.63) is 71.3 Å². The molecular formula is C30H39F3N2. The first-order chi connectivity index (χ1) is 16.8. The molecule has 1 aliphatic rings. The minimum atomic E-state index is -4.37. The number of benzene rings is 2. The Bertz CT molecular complexity index is 927. The Morgan fingerprint density at radius 3 is 2.11 bits per heavy atom. The molecule has 2 aromatic rings. The van der Waals surface area contributed by atoms with Gasteiger partial charge in [0.1, 0.15) is 0 Å². The minimum Gasteiger partial charge on any atom is -0.300 e. The van der Waals surface area contributed by atoms with Crippen LogP contribution in [0.15, 0.2) is 54.6 Å². The molecule has 0 saturated heterocycles. The Morgan fingerprint density at radius 1 is 0.943 bits per heavy atom. The van der Waals surface area contributed by atoms with Crippen molar-refractivity contribution in [2.45, 2.75) is 89.3 Å². The average molecular weight is 485 g/mol. The SMILES string of the molecule is CCCN(CCc1ccccc1)C(CC)CCC(C#N)(c1ccc(C(F)(F)F)cc1)C1CCCC1. The maximum absolute atomic E-state index is 13.2. The normalized spacial score (nSPS) is 17.3. The van der Waals surface area contributed by atoms with Crippen LogP contribution in [-0.4, -0.2) is 24.0 Å². The van der Waals surface area contributed by atoms with Crippen molar-refractivity contribution in [3.63, 3.8) is 0 Å². The van der Waals surface area contributed by atoms with Crippen LogP contribution in [0.2, 0.25) is 0 Å². The lowest BCUT2D eigenvalue weighted by atomic mass is 9.67. The van der Waals surface area contributed by atoms with Gasteiger partial charge in [-0.2, -0.15) is 18.4 Å². The van der Waals surface area contributed by atoms with Crippen molar-refractivity contribution in [1.29, 1.82) is 5.26 Å². The van der Waals surface area contributed by atoms with E-state index in [4.69, 9.17) is 0 Å². The van der Waals surface area contributed by atoms with E-state index >= 15 is 0 Å². The zero-order chi connectivity index (χ0) is 25.3. The Balaban J connectivity index is 1.81. The van der Waals surface area contributed by atoms with Crippen molar-refractivity contribution in [1.82, 2.24) is 4.90 Å². The molecule has 0 aromatic heterocycles. The molecule has 0 amide bonds. The molecule has 0 bridgehead atoms. The summed E-state index contributed by atoms with van der Waals surface area (Å²) in [6.45, 7) is 6.38.